The number of aromatic nitrogens is 4. The largest absolute Gasteiger partial charge is 0.350 e. The molecule has 0 aromatic carbocycles. The van der Waals surface area contributed by atoms with Crippen LogP contribution in [0.1, 0.15) is 55.3 Å². The number of rotatable bonds is 5. The molecule has 3 heterocycles. The first kappa shape index (κ1) is 19.1. The Morgan fingerprint density at radius 3 is 2.74 bits per heavy atom. The number of hydrogen-bond acceptors (Lipinski definition) is 5. The third-order valence-electron chi connectivity index (χ3n) is 5.07. The highest BCUT2D eigenvalue weighted by molar-refractivity contribution is 5.92. The fraction of sp³-hybridized carbons (Fsp3) is 0.579. The molecule has 0 bridgehead atoms. The molecule has 0 spiro atoms. The smallest absolute Gasteiger partial charge is 0.271 e. The van der Waals surface area contributed by atoms with Crippen molar-refractivity contribution in [1.29, 1.82) is 0 Å². The lowest BCUT2D eigenvalue weighted by Crippen LogP contribution is -2.47. The van der Waals surface area contributed by atoms with E-state index in [-0.39, 0.29) is 23.6 Å². The second-order valence-corrected chi connectivity index (χ2v) is 7.42. The van der Waals surface area contributed by atoms with Crippen LogP contribution >= 0.6 is 0 Å². The minimum atomic E-state index is -0.163. The number of carbonyl (C=O) groups excluding carboxylic acids is 1. The second-order valence-electron chi connectivity index (χ2n) is 7.42. The standard InChI is InChI=1S/C19H28N6O2/c1-13(2)25-18(26)9-8-17(22-25)24-10-6-5-7-15(24)12-20-19(27)16-11-14(3)23(4)21-16/h8-9,11,13,15H,5-7,10,12H2,1-4H3,(H,20,27). The van der Waals surface area contributed by atoms with E-state index in [1.807, 2.05) is 27.8 Å². The Balaban J connectivity index is 1.73. The summed E-state index contributed by atoms with van der Waals surface area (Å²) in [6.45, 7) is 7.20. The van der Waals surface area contributed by atoms with Gasteiger partial charge in [0, 0.05) is 37.9 Å². The molecule has 1 atom stereocenters. The number of piperidine rings is 1. The van der Waals surface area contributed by atoms with E-state index < -0.39 is 0 Å². The van der Waals surface area contributed by atoms with Crippen molar-refractivity contribution < 1.29 is 4.79 Å². The van der Waals surface area contributed by atoms with Gasteiger partial charge in [0.05, 0.1) is 6.04 Å². The molecule has 2 aromatic heterocycles. The molecule has 0 saturated carbocycles. The van der Waals surface area contributed by atoms with Crippen LogP contribution < -0.4 is 15.8 Å². The lowest BCUT2D eigenvalue weighted by Gasteiger charge is -2.36. The van der Waals surface area contributed by atoms with Gasteiger partial charge < -0.3 is 10.2 Å². The van der Waals surface area contributed by atoms with E-state index in [0.717, 1.165) is 37.3 Å². The van der Waals surface area contributed by atoms with Crippen molar-refractivity contribution in [2.24, 2.45) is 7.05 Å². The molecule has 1 amide bonds. The van der Waals surface area contributed by atoms with E-state index in [9.17, 15) is 9.59 Å². The van der Waals surface area contributed by atoms with Crippen LogP contribution in [0.25, 0.3) is 0 Å². The Morgan fingerprint density at radius 2 is 2.07 bits per heavy atom. The third-order valence-corrected chi connectivity index (χ3v) is 5.07. The molecular formula is C19H28N6O2. The number of amides is 1. The Kier molecular flexibility index (Phi) is 5.62. The van der Waals surface area contributed by atoms with Gasteiger partial charge in [-0.1, -0.05) is 0 Å². The number of aryl methyl sites for hydroxylation is 2. The van der Waals surface area contributed by atoms with E-state index in [0.29, 0.717) is 12.2 Å². The zero-order valence-electron chi connectivity index (χ0n) is 16.5. The Bertz CT molecular complexity index is 850. The summed E-state index contributed by atoms with van der Waals surface area (Å²) in [6, 6.07) is 5.30. The maximum absolute atomic E-state index is 12.4. The number of hydrogen-bond donors (Lipinski definition) is 1. The zero-order chi connectivity index (χ0) is 19.6. The Morgan fingerprint density at radius 1 is 1.30 bits per heavy atom. The summed E-state index contributed by atoms with van der Waals surface area (Å²) < 4.78 is 3.21. The molecule has 1 fully saturated rings. The topological polar surface area (TPSA) is 85.1 Å². The third kappa shape index (κ3) is 4.20. The van der Waals surface area contributed by atoms with Crippen LogP contribution in [0.2, 0.25) is 0 Å². The summed E-state index contributed by atoms with van der Waals surface area (Å²) in [5.74, 6) is 0.625. The van der Waals surface area contributed by atoms with Crippen molar-refractivity contribution in [2.75, 3.05) is 18.0 Å². The molecule has 0 aliphatic carbocycles. The predicted octanol–water partition coefficient (Wildman–Crippen LogP) is 1.66. The van der Waals surface area contributed by atoms with Crippen LogP contribution in [-0.2, 0) is 7.05 Å². The molecule has 1 saturated heterocycles. The van der Waals surface area contributed by atoms with E-state index in [1.54, 1.807) is 22.9 Å². The van der Waals surface area contributed by atoms with Gasteiger partial charge in [0.2, 0.25) is 0 Å². The van der Waals surface area contributed by atoms with Crippen LogP contribution in [0.4, 0.5) is 5.82 Å². The molecular weight excluding hydrogens is 344 g/mol. The van der Waals surface area contributed by atoms with Crippen molar-refractivity contribution in [3.63, 3.8) is 0 Å². The average Bonchev–Trinajstić information content (AvgIpc) is 2.99. The first-order valence-corrected chi connectivity index (χ1v) is 9.52. The molecule has 27 heavy (non-hydrogen) atoms. The highest BCUT2D eigenvalue weighted by Gasteiger charge is 2.25. The van der Waals surface area contributed by atoms with Gasteiger partial charge in [0.1, 0.15) is 11.5 Å². The second kappa shape index (κ2) is 7.94. The van der Waals surface area contributed by atoms with Gasteiger partial charge in [-0.05, 0) is 52.2 Å². The quantitative estimate of drug-likeness (QED) is 0.863. The van der Waals surface area contributed by atoms with Crippen LogP contribution in [0.15, 0.2) is 23.0 Å². The SMILES string of the molecule is Cc1cc(C(=O)NCC2CCCCN2c2ccc(=O)n(C(C)C)n2)nn1C. The van der Waals surface area contributed by atoms with E-state index in [4.69, 9.17) is 0 Å². The van der Waals surface area contributed by atoms with Gasteiger partial charge in [-0.15, -0.1) is 0 Å². The molecule has 0 radical (unpaired) electrons. The minimum absolute atomic E-state index is 0.00721. The van der Waals surface area contributed by atoms with Crippen LogP contribution in [0, 0.1) is 6.92 Å². The molecule has 146 valence electrons. The lowest BCUT2D eigenvalue weighted by atomic mass is 10.0. The minimum Gasteiger partial charge on any atom is -0.350 e. The van der Waals surface area contributed by atoms with Crippen LogP contribution in [0.5, 0.6) is 0 Å². The lowest BCUT2D eigenvalue weighted by molar-refractivity contribution is 0.0944. The summed E-state index contributed by atoms with van der Waals surface area (Å²) in [7, 11) is 1.82. The van der Waals surface area contributed by atoms with E-state index >= 15 is 0 Å². The average molecular weight is 372 g/mol. The molecule has 8 nitrogen and oxygen atoms in total. The maximum atomic E-state index is 12.4. The zero-order valence-corrected chi connectivity index (χ0v) is 16.5. The first-order valence-electron chi connectivity index (χ1n) is 9.52. The van der Waals surface area contributed by atoms with E-state index in [2.05, 4.69) is 20.4 Å². The molecule has 1 unspecified atom stereocenters. The summed E-state index contributed by atoms with van der Waals surface area (Å²) >= 11 is 0. The normalized spacial score (nSPS) is 17.4. The number of anilines is 1. The Hall–Kier alpha value is -2.64. The van der Waals surface area contributed by atoms with Gasteiger partial charge in [-0.3, -0.25) is 14.3 Å². The summed E-state index contributed by atoms with van der Waals surface area (Å²) in [4.78, 5) is 26.6. The van der Waals surface area contributed by atoms with E-state index in [1.165, 1.54) is 4.68 Å². The van der Waals surface area contributed by atoms with Crippen LogP contribution in [0.3, 0.4) is 0 Å². The highest BCUT2D eigenvalue weighted by Crippen LogP contribution is 2.22. The van der Waals surface area contributed by atoms with Crippen molar-refractivity contribution in [3.05, 3.63) is 39.9 Å². The summed E-state index contributed by atoms with van der Waals surface area (Å²) in [6.07, 6.45) is 3.17. The van der Waals surface area contributed by atoms with Gasteiger partial charge in [0.15, 0.2) is 0 Å². The van der Waals surface area contributed by atoms with Crippen molar-refractivity contribution in [3.8, 4) is 0 Å². The summed E-state index contributed by atoms with van der Waals surface area (Å²) in [5, 5.41) is 11.8. The fourth-order valence-corrected chi connectivity index (χ4v) is 3.43. The first-order chi connectivity index (χ1) is 12.9. The summed E-state index contributed by atoms with van der Waals surface area (Å²) in [5.41, 5.74) is 1.28. The fourth-order valence-electron chi connectivity index (χ4n) is 3.43. The maximum Gasteiger partial charge on any atom is 0.271 e. The van der Waals surface area contributed by atoms with Gasteiger partial charge in [-0.2, -0.15) is 10.2 Å². The Labute approximate surface area is 159 Å². The molecule has 3 rings (SSSR count). The highest BCUT2D eigenvalue weighted by atomic mass is 16.2. The molecule has 1 aliphatic heterocycles. The number of nitrogens with one attached hydrogen (secondary N) is 1. The van der Waals surface area contributed by atoms with Gasteiger partial charge >= 0.3 is 0 Å². The molecule has 2 aromatic rings. The molecule has 1 aliphatic rings. The van der Waals surface area contributed by atoms with Crippen molar-refractivity contribution in [2.45, 2.75) is 52.1 Å². The monoisotopic (exact) mass is 372 g/mol. The number of nitrogens with zero attached hydrogens (tertiary/aromatic N) is 5. The van der Waals surface area contributed by atoms with Crippen molar-refractivity contribution >= 4 is 11.7 Å². The van der Waals surface area contributed by atoms with Crippen LogP contribution in [-0.4, -0.2) is 44.6 Å². The number of carbonyl (C=O) groups is 1. The van der Waals surface area contributed by atoms with Gasteiger partial charge in [0.25, 0.3) is 11.5 Å². The molecule has 8 heteroatoms. The van der Waals surface area contributed by atoms with Crippen molar-refractivity contribution in [1.82, 2.24) is 24.9 Å². The predicted molar refractivity (Wildman–Crippen MR) is 104 cm³/mol. The molecule has 1 N–H and O–H groups in total. The van der Waals surface area contributed by atoms with Gasteiger partial charge in [-0.25, -0.2) is 4.68 Å².